The third-order valence-electron chi connectivity index (χ3n) is 3.72. The average molecular weight is 269 g/mol. The zero-order valence-corrected chi connectivity index (χ0v) is 13.1. The number of carbonyl (C=O) groups is 1. The summed E-state index contributed by atoms with van der Waals surface area (Å²) in [5.41, 5.74) is 6.09. The van der Waals surface area contributed by atoms with E-state index in [1.54, 1.807) is 0 Å². The van der Waals surface area contributed by atoms with Crippen molar-refractivity contribution in [2.75, 3.05) is 32.7 Å². The van der Waals surface area contributed by atoms with Gasteiger partial charge in [-0.3, -0.25) is 9.69 Å². The van der Waals surface area contributed by atoms with Gasteiger partial charge in [-0.15, -0.1) is 0 Å². The summed E-state index contributed by atoms with van der Waals surface area (Å²) in [4.78, 5) is 16.4. The lowest BCUT2D eigenvalue weighted by molar-refractivity contribution is -0.133. The number of nitrogens with two attached hydrogens (primary N) is 1. The monoisotopic (exact) mass is 269 g/mol. The molecule has 1 amide bonds. The summed E-state index contributed by atoms with van der Waals surface area (Å²) in [5, 5.41) is 0. The molecule has 0 aliphatic carbocycles. The maximum Gasteiger partial charge on any atom is 0.222 e. The Labute approximate surface area is 118 Å². The Balaban J connectivity index is 2.23. The lowest BCUT2D eigenvalue weighted by Crippen LogP contribution is -2.49. The second-order valence-electron chi connectivity index (χ2n) is 7.05. The van der Waals surface area contributed by atoms with Crippen molar-refractivity contribution in [3.05, 3.63) is 0 Å². The minimum Gasteiger partial charge on any atom is -0.340 e. The fraction of sp³-hybridized carbons (Fsp3) is 0.933. The van der Waals surface area contributed by atoms with Gasteiger partial charge in [0.05, 0.1) is 0 Å². The van der Waals surface area contributed by atoms with Gasteiger partial charge in [-0.05, 0) is 31.7 Å². The third kappa shape index (κ3) is 6.92. The molecule has 2 N–H and O–H groups in total. The van der Waals surface area contributed by atoms with Gasteiger partial charge in [0.25, 0.3) is 0 Å². The molecule has 0 saturated carbocycles. The number of hydrogen-bond acceptors (Lipinski definition) is 3. The average Bonchev–Trinajstić information content (AvgIpc) is 2.33. The lowest BCUT2D eigenvalue weighted by atomic mass is 9.92. The van der Waals surface area contributed by atoms with E-state index >= 15 is 0 Å². The van der Waals surface area contributed by atoms with Crippen LogP contribution in [-0.2, 0) is 4.79 Å². The quantitative estimate of drug-likeness (QED) is 0.826. The molecule has 0 aromatic carbocycles. The summed E-state index contributed by atoms with van der Waals surface area (Å²) in [5.74, 6) is 0.271. The van der Waals surface area contributed by atoms with Crippen molar-refractivity contribution in [3.63, 3.8) is 0 Å². The van der Waals surface area contributed by atoms with E-state index in [0.717, 1.165) is 39.1 Å². The van der Waals surface area contributed by atoms with Crippen LogP contribution in [0.1, 0.15) is 47.0 Å². The Morgan fingerprint density at radius 3 is 2.26 bits per heavy atom. The summed E-state index contributed by atoms with van der Waals surface area (Å²) in [6.07, 6.45) is 2.61. The Morgan fingerprint density at radius 2 is 1.79 bits per heavy atom. The highest BCUT2D eigenvalue weighted by Gasteiger charge is 2.22. The molecule has 1 saturated heterocycles. The standard InChI is InChI=1S/C15H31N3O/c1-13(16)5-6-14(19)18-11-9-17(10-12-18)8-7-15(2,3)4/h13H,5-12,16H2,1-4H3. The molecule has 1 unspecified atom stereocenters. The minimum atomic E-state index is 0.122. The molecule has 1 aliphatic heterocycles. The minimum absolute atomic E-state index is 0.122. The van der Waals surface area contributed by atoms with Gasteiger partial charge in [-0.1, -0.05) is 20.8 Å². The lowest BCUT2D eigenvalue weighted by Gasteiger charge is -2.36. The molecule has 1 rings (SSSR count). The predicted molar refractivity (Wildman–Crippen MR) is 80.0 cm³/mol. The molecule has 0 bridgehead atoms. The van der Waals surface area contributed by atoms with Crippen molar-refractivity contribution in [1.29, 1.82) is 0 Å². The maximum absolute atomic E-state index is 12.0. The molecule has 1 fully saturated rings. The highest BCUT2D eigenvalue weighted by molar-refractivity contribution is 5.76. The Morgan fingerprint density at radius 1 is 1.21 bits per heavy atom. The van der Waals surface area contributed by atoms with Crippen molar-refractivity contribution in [2.45, 2.75) is 53.0 Å². The zero-order chi connectivity index (χ0) is 14.5. The van der Waals surface area contributed by atoms with E-state index in [-0.39, 0.29) is 11.9 Å². The van der Waals surface area contributed by atoms with Crippen LogP contribution in [0.2, 0.25) is 0 Å². The molecule has 0 spiro atoms. The largest absolute Gasteiger partial charge is 0.340 e. The summed E-state index contributed by atoms with van der Waals surface area (Å²) in [6.45, 7) is 13.7. The van der Waals surface area contributed by atoms with Crippen LogP contribution >= 0.6 is 0 Å². The zero-order valence-electron chi connectivity index (χ0n) is 13.1. The predicted octanol–water partition coefficient (Wildman–Crippen LogP) is 1.69. The van der Waals surface area contributed by atoms with Gasteiger partial charge < -0.3 is 10.6 Å². The van der Waals surface area contributed by atoms with Crippen LogP contribution in [0.5, 0.6) is 0 Å². The van der Waals surface area contributed by atoms with Gasteiger partial charge in [0.15, 0.2) is 0 Å². The number of piperazine rings is 1. The maximum atomic E-state index is 12.0. The van der Waals surface area contributed by atoms with Crippen molar-refractivity contribution in [1.82, 2.24) is 9.80 Å². The second kappa shape index (κ2) is 7.25. The number of carbonyl (C=O) groups excluding carboxylic acids is 1. The van der Waals surface area contributed by atoms with Crippen LogP contribution in [0.15, 0.2) is 0 Å². The van der Waals surface area contributed by atoms with Crippen LogP contribution < -0.4 is 5.73 Å². The number of amides is 1. The van der Waals surface area contributed by atoms with E-state index in [1.807, 2.05) is 11.8 Å². The molecule has 1 aliphatic rings. The van der Waals surface area contributed by atoms with Crippen molar-refractivity contribution in [3.8, 4) is 0 Å². The molecule has 0 aromatic heterocycles. The first kappa shape index (κ1) is 16.4. The van der Waals surface area contributed by atoms with Gasteiger partial charge in [0.1, 0.15) is 0 Å². The van der Waals surface area contributed by atoms with Gasteiger partial charge in [-0.2, -0.15) is 0 Å². The van der Waals surface area contributed by atoms with E-state index in [2.05, 4.69) is 25.7 Å². The molecule has 112 valence electrons. The molecule has 0 aromatic rings. The van der Waals surface area contributed by atoms with Gasteiger partial charge in [-0.25, -0.2) is 0 Å². The van der Waals surface area contributed by atoms with Gasteiger partial charge in [0.2, 0.25) is 5.91 Å². The van der Waals surface area contributed by atoms with Crippen LogP contribution in [0.3, 0.4) is 0 Å². The smallest absolute Gasteiger partial charge is 0.222 e. The van der Waals surface area contributed by atoms with Crippen molar-refractivity contribution < 1.29 is 4.79 Å². The van der Waals surface area contributed by atoms with Crippen LogP contribution in [0, 0.1) is 5.41 Å². The normalized spacial score (nSPS) is 19.5. The van der Waals surface area contributed by atoms with E-state index in [0.29, 0.717) is 11.8 Å². The molecule has 1 atom stereocenters. The summed E-state index contributed by atoms with van der Waals surface area (Å²) in [6, 6.07) is 0.122. The molecular formula is C15H31N3O. The first-order valence-electron chi connectivity index (χ1n) is 7.53. The first-order valence-corrected chi connectivity index (χ1v) is 7.53. The fourth-order valence-corrected chi connectivity index (χ4v) is 2.22. The summed E-state index contributed by atoms with van der Waals surface area (Å²) >= 11 is 0. The highest BCUT2D eigenvalue weighted by Crippen LogP contribution is 2.19. The van der Waals surface area contributed by atoms with E-state index < -0.39 is 0 Å². The van der Waals surface area contributed by atoms with E-state index in [4.69, 9.17) is 5.73 Å². The highest BCUT2D eigenvalue weighted by atomic mass is 16.2. The van der Waals surface area contributed by atoms with Crippen LogP contribution in [-0.4, -0.2) is 54.5 Å². The topological polar surface area (TPSA) is 49.6 Å². The second-order valence-corrected chi connectivity index (χ2v) is 7.05. The number of hydrogen-bond donors (Lipinski definition) is 1. The molecule has 4 heteroatoms. The Bertz CT molecular complexity index is 276. The first-order chi connectivity index (χ1) is 8.78. The number of rotatable bonds is 5. The molecule has 0 radical (unpaired) electrons. The summed E-state index contributed by atoms with van der Waals surface area (Å²) < 4.78 is 0. The Kier molecular flexibility index (Phi) is 6.27. The van der Waals surface area contributed by atoms with Gasteiger partial charge >= 0.3 is 0 Å². The van der Waals surface area contributed by atoms with Gasteiger partial charge in [0, 0.05) is 38.6 Å². The third-order valence-corrected chi connectivity index (χ3v) is 3.72. The van der Waals surface area contributed by atoms with Crippen LogP contribution in [0.25, 0.3) is 0 Å². The van der Waals surface area contributed by atoms with E-state index in [1.165, 1.54) is 6.42 Å². The SMILES string of the molecule is CC(N)CCC(=O)N1CCN(CCC(C)(C)C)CC1. The number of nitrogens with zero attached hydrogens (tertiary/aromatic N) is 2. The van der Waals surface area contributed by atoms with Crippen LogP contribution in [0.4, 0.5) is 0 Å². The van der Waals surface area contributed by atoms with E-state index in [9.17, 15) is 4.79 Å². The molecule has 4 nitrogen and oxygen atoms in total. The molecule has 1 heterocycles. The van der Waals surface area contributed by atoms with Crippen molar-refractivity contribution >= 4 is 5.91 Å². The fourth-order valence-electron chi connectivity index (χ4n) is 2.22. The molecular weight excluding hydrogens is 238 g/mol. The summed E-state index contributed by atoms with van der Waals surface area (Å²) in [7, 11) is 0. The molecule has 19 heavy (non-hydrogen) atoms. The van der Waals surface area contributed by atoms with Crippen molar-refractivity contribution in [2.24, 2.45) is 11.1 Å². The Hall–Kier alpha value is -0.610.